The number of ether oxygens (including phenoxy) is 1. The first-order valence-electron chi connectivity index (χ1n) is 12.0. The third kappa shape index (κ3) is 5.11. The van der Waals surface area contributed by atoms with E-state index in [1.165, 1.54) is 4.31 Å². The first-order chi connectivity index (χ1) is 15.9. The lowest BCUT2D eigenvalue weighted by Crippen LogP contribution is -2.51. The maximum absolute atomic E-state index is 13.6. The Hall–Kier alpha value is -2.33. The van der Waals surface area contributed by atoms with E-state index in [0.29, 0.717) is 51.4 Å². The molecule has 33 heavy (non-hydrogen) atoms. The van der Waals surface area contributed by atoms with Crippen LogP contribution in [-0.4, -0.2) is 93.5 Å². The molecule has 0 N–H and O–H groups in total. The van der Waals surface area contributed by atoms with Crippen LogP contribution in [0.4, 0.5) is 10.5 Å². The molecule has 1 aromatic rings. The van der Waals surface area contributed by atoms with E-state index in [0.717, 1.165) is 50.9 Å². The Labute approximate surface area is 196 Å². The van der Waals surface area contributed by atoms with Crippen molar-refractivity contribution in [3.8, 4) is 0 Å². The van der Waals surface area contributed by atoms with Crippen LogP contribution in [0.15, 0.2) is 23.1 Å². The predicted octanol–water partition coefficient (Wildman–Crippen LogP) is 2.38. The van der Waals surface area contributed by atoms with E-state index in [2.05, 4.69) is 4.90 Å². The summed E-state index contributed by atoms with van der Waals surface area (Å²) in [5.41, 5.74) is 1.22. The molecular formula is C23H34N4O5S. The fourth-order valence-corrected chi connectivity index (χ4v) is 6.36. The molecule has 0 spiro atoms. The lowest BCUT2D eigenvalue weighted by molar-refractivity contribution is 0.0570. The van der Waals surface area contributed by atoms with Crippen LogP contribution in [0, 0.1) is 0 Å². The monoisotopic (exact) mass is 478 g/mol. The van der Waals surface area contributed by atoms with Gasteiger partial charge in [-0.25, -0.2) is 13.2 Å². The van der Waals surface area contributed by atoms with E-state index in [4.69, 9.17) is 4.74 Å². The topological polar surface area (TPSA) is 90.5 Å². The van der Waals surface area contributed by atoms with Crippen molar-refractivity contribution in [1.82, 2.24) is 14.1 Å². The third-order valence-electron chi connectivity index (χ3n) is 6.69. The first kappa shape index (κ1) is 23.8. The fourth-order valence-electron chi connectivity index (χ4n) is 4.81. The molecule has 182 valence electrons. The molecule has 0 saturated carbocycles. The highest BCUT2D eigenvalue weighted by molar-refractivity contribution is 7.89. The summed E-state index contributed by atoms with van der Waals surface area (Å²) >= 11 is 0. The smallest absolute Gasteiger partial charge is 0.409 e. The second-order valence-electron chi connectivity index (χ2n) is 8.82. The Morgan fingerprint density at radius 3 is 2.09 bits per heavy atom. The van der Waals surface area contributed by atoms with E-state index in [9.17, 15) is 18.0 Å². The molecule has 0 radical (unpaired) electrons. The molecular weight excluding hydrogens is 444 g/mol. The number of sulfonamides is 1. The van der Waals surface area contributed by atoms with E-state index in [1.54, 1.807) is 34.9 Å². The van der Waals surface area contributed by atoms with E-state index >= 15 is 0 Å². The Morgan fingerprint density at radius 2 is 1.45 bits per heavy atom. The average molecular weight is 479 g/mol. The summed E-state index contributed by atoms with van der Waals surface area (Å²) in [7, 11) is -3.64. The summed E-state index contributed by atoms with van der Waals surface area (Å²) in [6, 6.07) is 5.01. The van der Waals surface area contributed by atoms with Crippen LogP contribution in [0.25, 0.3) is 0 Å². The van der Waals surface area contributed by atoms with Gasteiger partial charge < -0.3 is 19.4 Å². The van der Waals surface area contributed by atoms with E-state index in [1.807, 2.05) is 0 Å². The van der Waals surface area contributed by atoms with Crippen molar-refractivity contribution in [3.05, 3.63) is 23.8 Å². The predicted molar refractivity (Wildman–Crippen MR) is 125 cm³/mol. The molecule has 3 saturated heterocycles. The standard InChI is InChI=1S/C23H34N4O5S/c1-2-32-23(29)26-16-14-25(15-17-26)22(28)20-18-19(8-9-21(20)24-10-6-7-11-24)33(30,31)27-12-4-3-5-13-27/h8-9,18H,2-7,10-17H2,1H3. The number of hydrogen-bond donors (Lipinski definition) is 0. The maximum atomic E-state index is 13.6. The summed E-state index contributed by atoms with van der Waals surface area (Å²) in [4.78, 5) is 31.3. The van der Waals surface area contributed by atoms with Gasteiger partial charge in [0.2, 0.25) is 10.0 Å². The van der Waals surface area contributed by atoms with Gasteiger partial charge in [-0.05, 0) is 50.8 Å². The number of carbonyl (C=O) groups excluding carboxylic acids is 2. The minimum atomic E-state index is -3.64. The van der Waals surface area contributed by atoms with Crippen molar-refractivity contribution in [2.24, 2.45) is 0 Å². The number of piperidine rings is 1. The average Bonchev–Trinajstić information content (AvgIpc) is 3.39. The lowest BCUT2D eigenvalue weighted by Gasteiger charge is -2.35. The SMILES string of the molecule is CCOC(=O)N1CCN(C(=O)c2cc(S(=O)(=O)N3CCCCC3)ccc2N2CCCC2)CC1. The highest BCUT2D eigenvalue weighted by Crippen LogP contribution is 2.30. The van der Waals surface area contributed by atoms with Gasteiger partial charge >= 0.3 is 6.09 Å². The highest BCUT2D eigenvalue weighted by atomic mass is 32.2. The zero-order valence-electron chi connectivity index (χ0n) is 19.4. The van der Waals surface area contributed by atoms with Gasteiger partial charge in [0, 0.05) is 58.0 Å². The molecule has 0 atom stereocenters. The number of carbonyl (C=O) groups is 2. The lowest BCUT2D eigenvalue weighted by atomic mass is 10.1. The molecule has 1 aromatic carbocycles. The number of piperazine rings is 1. The van der Waals surface area contributed by atoms with Gasteiger partial charge in [0.05, 0.1) is 17.1 Å². The largest absolute Gasteiger partial charge is 0.450 e. The molecule has 3 fully saturated rings. The second-order valence-corrected chi connectivity index (χ2v) is 10.8. The minimum Gasteiger partial charge on any atom is -0.450 e. The van der Waals surface area contributed by atoms with Crippen LogP contribution in [0.3, 0.4) is 0 Å². The van der Waals surface area contributed by atoms with Gasteiger partial charge in [0.25, 0.3) is 5.91 Å². The molecule has 0 aromatic heterocycles. The Kier molecular flexibility index (Phi) is 7.43. The van der Waals surface area contributed by atoms with Gasteiger partial charge in [0.1, 0.15) is 0 Å². The summed E-state index contributed by atoms with van der Waals surface area (Å²) in [5, 5.41) is 0. The quantitative estimate of drug-likeness (QED) is 0.646. The van der Waals surface area contributed by atoms with Crippen molar-refractivity contribution in [2.45, 2.75) is 43.9 Å². The van der Waals surface area contributed by atoms with Crippen LogP contribution >= 0.6 is 0 Å². The molecule has 3 aliphatic rings. The number of amides is 2. The Bertz CT molecular complexity index is 963. The van der Waals surface area contributed by atoms with Crippen LogP contribution in [0.2, 0.25) is 0 Å². The summed E-state index contributed by atoms with van der Waals surface area (Å²) in [6.07, 6.45) is 4.52. The molecule has 0 unspecified atom stereocenters. The van der Waals surface area contributed by atoms with Gasteiger partial charge in [-0.1, -0.05) is 6.42 Å². The number of rotatable bonds is 5. The molecule has 9 nitrogen and oxygen atoms in total. The van der Waals surface area contributed by atoms with Crippen LogP contribution in [-0.2, 0) is 14.8 Å². The number of anilines is 1. The van der Waals surface area contributed by atoms with Crippen molar-refractivity contribution < 1.29 is 22.7 Å². The van der Waals surface area contributed by atoms with Gasteiger partial charge in [0.15, 0.2) is 0 Å². The van der Waals surface area contributed by atoms with Gasteiger partial charge in [-0.15, -0.1) is 0 Å². The van der Waals surface area contributed by atoms with Crippen LogP contribution in [0.1, 0.15) is 49.4 Å². The van der Waals surface area contributed by atoms with Crippen LogP contribution < -0.4 is 4.90 Å². The molecule has 0 aliphatic carbocycles. The van der Waals surface area contributed by atoms with E-state index < -0.39 is 10.0 Å². The Balaban J connectivity index is 1.59. The summed E-state index contributed by atoms with van der Waals surface area (Å²) < 4.78 is 33.2. The molecule has 4 rings (SSSR count). The van der Waals surface area contributed by atoms with Crippen LogP contribution in [0.5, 0.6) is 0 Å². The number of nitrogens with zero attached hydrogens (tertiary/aromatic N) is 4. The van der Waals surface area contributed by atoms with Crippen molar-refractivity contribution >= 4 is 27.7 Å². The number of hydrogen-bond acceptors (Lipinski definition) is 6. The zero-order chi connectivity index (χ0) is 23.4. The minimum absolute atomic E-state index is 0.181. The molecule has 0 bridgehead atoms. The van der Waals surface area contributed by atoms with Crippen molar-refractivity contribution in [2.75, 3.05) is 63.9 Å². The molecule has 2 amide bonds. The first-order valence-corrected chi connectivity index (χ1v) is 13.5. The number of benzene rings is 1. The van der Waals surface area contributed by atoms with E-state index in [-0.39, 0.29) is 16.9 Å². The Morgan fingerprint density at radius 1 is 0.848 bits per heavy atom. The summed E-state index contributed by atoms with van der Waals surface area (Å²) in [5.74, 6) is -0.184. The zero-order valence-corrected chi connectivity index (χ0v) is 20.2. The molecule has 3 aliphatic heterocycles. The molecule has 3 heterocycles. The normalized spacial score (nSPS) is 20.2. The van der Waals surface area contributed by atoms with Gasteiger partial charge in [-0.2, -0.15) is 4.31 Å². The fraction of sp³-hybridized carbons (Fsp3) is 0.652. The van der Waals surface area contributed by atoms with Crippen molar-refractivity contribution in [1.29, 1.82) is 0 Å². The van der Waals surface area contributed by atoms with Gasteiger partial charge in [-0.3, -0.25) is 4.79 Å². The highest BCUT2D eigenvalue weighted by Gasteiger charge is 2.31. The van der Waals surface area contributed by atoms with Crippen molar-refractivity contribution in [3.63, 3.8) is 0 Å². The molecule has 10 heteroatoms. The second kappa shape index (κ2) is 10.3. The third-order valence-corrected chi connectivity index (χ3v) is 8.59. The summed E-state index contributed by atoms with van der Waals surface area (Å²) in [6.45, 7) is 6.41. The maximum Gasteiger partial charge on any atom is 0.409 e.